The molecule has 0 aromatic rings. The number of fused-ring (bicyclic) bond motifs is 1. The van der Waals surface area contributed by atoms with Crippen LogP contribution in [0.5, 0.6) is 0 Å². The molecule has 6 heteroatoms. The zero-order valence-electron chi connectivity index (χ0n) is 11.3. The van der Waals surface area contributed by atoms with Gasteiger partial charge < -0.3 is 18.9 Å². The van der Waals surface area contributed by atoms with Gasteiger partial charge in [0.15, 0.2) is 17.9 Å². The van der Waals surface area contributed by atoms with Crippen molar-refractivity contribution in [2.24, 2.45) is 0 Å². The zero-order valence-corrected chi connectivity index (χ0v) is 11.3. The number of Topliss-reactive ketones (excluding diaryl/α,β-unsaturated/α-hetero) is 1. The third-order valence-corrected chi connectivity index (χ3v) is 3.00. The zero-order chi connectivity index (χ0) is 14.2. The van der Waals surface area contributed by atoms with E-state index in [1.165, 1.54) is 0 Å². The van der Waals surface area contributed by atoms with E-state index in [0.29, 0.717) is 6.42 Å². The van der Waals surface area contributed by atoms with Crippen molar-refractivity contribution in [2.75, 3.05) is 6.61 Å². The highest BCUT2D eigenvalue weighted by Crippen LogP contribution is 2.37. The van der Waals surface area contributed by atoms with Crippen molar-refractivity contribution in [1.82, 2.24) is 0 Å². The van der Waals surface area contributed by atoms with Gasteiger partial charge in [0.1, 0.15) is 12.2 Å². The maximum Gasteiger partial charge on any atom is 0.341 e. The Kier molecular flexibility index (Phi) is 3.75. The van der Waals surface area contributed by atoms with Crippen LogP contribution in [0.15, 0.2) is 12.2 Å². The number of ether oxygens (including phenoxy) is 4. The lowest BCUT2D eigenvalue weighted by molar-refractivity contribution is -0.204. The Bertz CT molecular complexity index is 397. The first-order valence-corrected chi connectivity index (χ1v) is 6.25. The Morgan fingerprint density at radius 2 is 2.05 bits per heavy atom. The summed E-state index contributed by atoms with van der Waals surface area (Å²) in [5.74, 6) is -1.89. The number of rotatable bonds is 4. The molecule has 0 radical (unpaired) electrons. The summed E-state index contributed by atoms with van der Waals surface area (Å²) in [6, 6.07) is 0. The van der Waals surface area contributed by atoms with E-state index in [9.17, 15) is 9.59 Å². The first-order valence-electron chi connectivity index (χ1n) is 6.25. The Hall–Kier alpha value is -1.24. The maximum atomic E-state index is 12.0. The van der Waals surface area contributed by atoms with Crippen LogP contribution in [0.4, 0.5) is 0 Å². The van der Waals surface area contributed by atoms with Crippen LogP contribution >= 0.6 is 0 Å². The summed E-state index contributed by atoms with van der Waals surface area (Å²) in [4.78, 5) is 23.4. The van der Waals surface area contributed by atoms with Crippen molar-refractivity contribution >= 4 is 11.8 Å². The number of hydrogen-bond acceptors (Lipinski definition) is 6. The quantitative estimate of drug-likeness (QED) is 0.328. The lowest BCUT2D eigenvalue weighted by atomic mass is 10.0. The third-order valence-electron chi connectivity index (χ3n) is 3.00. The standard InChI is InChI=1S/C13H18O6/c1-5-16-11(15)7(2)10(14)8-6-9-12(17-8)19-13(3,4)18-9/h8-9,12H,2,5-6H2,1,3-4H3/t8-,9-,12-/m1/s1. The van der Waals surface area contributed by atoms with E-state index in [1.807, 2.05) is 0 Å². The lowest BCUT2D eigenvalue weighted by Crippen LogP contribution is -2.30. The number of esters is 1. The highest BCUT2D eigenvalue weighted by Gasteiger charge is 2.50. The molecule has 2 heterocycles. The van der Waals surface area contributed by atoms with Crippen LogP contribution in [0.2, 0.25) is 0 Å². The summed E-state index contributed by atoms with van der Waals surface area (Å²) >= 11 is 0. The van der Waals surface area contributed by atoms with Crippen molar-refractivity contribution in [3.8, 4) is 0 Å². The molecule has 2 aliphatic heterocycles. The fourth-order valence-electron chi connectivity index (χ4n) is 2.19. The maximum absolute atomic E-state index is 12.0. The summed E-state index contributed by atoms with van der Waals surface area (Å²) in [6.07, 6.45) is -1.27. The van der Waals surface area contributed by atoms with Gasteiger partial charge in [-0.2, -0.15) is 0 Å². The molecule has 0 saturated carbocycles. The molecule has 0 aliphatic carbocycles. The molecule has 106 valence electrons. The number of carbonyl (C=O) groups is 2. The fourth-order valence-corrected chi connectivity index (χ4v) is 2.19. The molecule has 0 bridgehead atoms. The van der Waals surface area contributed by atoms with Gasteiger partial charge in [0.2, 0.25) is 0 Å². The minimum atomic E-state index is -0.761. The molecule has 0 spiro atoms. The van der Waals surface area contributed by atoms with Gasteiger partial charge in [-0.15, -0.1) is 0 Å². The highest BCUT2D eigenvalue weighted by molar-refractivity contribution is 6.18. The smallest absolute Gasteiger partial charge is 0.341 e. The first kappa shape index (κ1) is 14.2. The fraction of sp³-hybridized carbons (Fsp3) is 0.692. The molecular formula is C13H18O6. The topological polar surface area (TPSA) is 71.1 Å². The van der Waals surface area contributed by atoms with Gasteiger partial charge in [0, 0.05) is 6.42 Å². The number of carbonyl (C=O) groups excluding carboxylic acids is 2. The molecule has 0 aromatic heterocycles. The summed E-state index contributed by atoms with van der Waals surface area (Å²) in [6.45, 7) is 8.88. The summed E-state index contributed by atoms with van der Waals surface area (Å²) in [5, 5.41) is 0. The lowest BCUT2D eigenvalue weighted by Gasteiger charge is -2.20. The van der Waals surface area contributed by atoms with Crippen LogP contribution in [0.1, 0.15) is 27.2 Å². The van der Waals surface area contributed by atoms with E-state index in [4.69, 9.17) is 18.9 Å². The van der Waals surface area contributed by atoms with Crippen LogP contribution < -0.4 is 0 Å². The molecular weight excluding hydrogens is 252 g/mol. The summed E-state index contributed by atoms with van der Waals surface area (Å²) in [7, 11) is 0. The van der Waals surface area contributed by atoms with Gasteiger partial charge in [-0.05, 0) is 20.8 Å². The Balaban J connectivity index is 1.94. The predicted octanol–water partition coefficient (Wildman–Crippen LogP) is 0.941. The Morgan fingerprint density at radius 3 is 2.63 bits per heavy atom. The predicted molar refractivity (Wildman–Crippen MR) is 64.1 cm³/mol. The van der Waals surface area contributed by atoms with Crippen LogP contribution in [-0.2, 0) is 28.5 Å². The van der Waals surface area contributed by atoms with Crippen molar-refractivity contribution in [3.05, 3.63) is 12.2 Å². The molecule has 3 atom stereocenters. The normalized spacial score (nSPS) is 31.8. The molecule has 0 aromatic carbocycles. The van der Waals surface area contributed by atoms with E-state index in [2.05, 4.69) is 6.58 Å². The average molecular weight is 270 g/mol. The van der Waals surface area contributed by atoms with Crippen molar-refractivity contribution in [2.45, 2.75) is 51.5 Å². The van der Waals surface area contributed by atoms with Crippen molar-refractivity contribution in [3.63, 3.8) is 0 Å². The molecule has 19 heavy (non-hydrogen) atoms. The highest BCUT2D eigenvalue weighted by atomic mass is 16.8. The molecule has 2 fully saturated rings. The number of ketones is 1. The van der Waals surface area contributed by atoms with Crippen LogP contribution in [0, 0.1) is 0 Å². The van der Waals surface area contributed by atoms with Gasteiger partial charge in [0.25, 0.3) is 0 Å². The van der Waals surface area contributed by atoms with Crippen LogP contribution in [-0.4, -0.2) is 42.6 Å². The molecule has 0 N–H and O–H groups in total. The minimum Gasteiger partial charge on any atom is -0.462 e. The Labute approximate surface area is 111 Å². The first-order chi connectivity index (χ1) is 8.84. The van der Waals surface area contributed by atoms with Crippen LogP contribution in [0.25, 0.3) is 0 Å². The second-order valence-corrected chi connectivity index (χ2v) is 4.97. The van der Waals surface area contributed by atoms with Gasteiger partial charge in [-0.3, -0.25) is 4.79 Å². The second-order valence-electron chi connectivity index (χ2n) is 4.97. The van der Waals surface area contributed by atoms with Crippen molar-refractivity contribution < 1.29 is 28.5 Å². The third kappa shape index (κ3) is 2.86. The SMILES string of the molecule is C=C(C(=O)OCC)C(=O)[C@H]1C[C@H]2OC(C)(C)O[C@H]2O1. The molecule has 0 unspecified atom stereocenters. The van der Waals surface area contributed by atoms with Gasteiger partial charge in [-0.25, -0.2) is 4.79 Å². The Morgan fingerprint density at radius 1 is 1.37 bits per heavy atom. The number of hydrogen-bond donors (Lipinski definition) is 0. The van der Waals surface area contributed by atoms with Crippen LogP contribution in [0.3, 0.4) is 0 Å². The van der Waals surface area contributed by atoms with E-state index >= 15 is 0 Å². The molecule has 2 aliphatic rings. The van der Waals surface area contributed by atoms with E-state index in [0.717, 1.165) is 0 Å². The second kappa shape index (κ2) is 5.03. The molecule has 2 rings (SSSR count). The van der Waals surface area contributed by atoms with E-state index in [1.54, 1.807) is 20.8 Å². The summed E-state index contributed by atoms with van der Waals surface area (Å²) < 4.78 is 21.3. The van der Waals surface area contributed by atoms with E-state index in [-0.39, 0.29) is 18.3 Å². The van der Waals surface area contributed by atoms with Gasteiger partial charge in [0.05, 0.1) is 12.2 Å². The summed E-state index contributed by atoms with van der Waals surface area (Å²) in [5.41, 5.74) is -0.203. The van der Waals surface area contributed by atoms with E-state index < -0.39 is 29.9 Å². The monoisotopic (exact) mass is 270 g/mol. The molecule has 2 saturated heterocycles. The van der Waals surface area contributed by atoms with Gasteiger partial charge >= 0.3 is 5.97 Å². The molecule has 0 amide bonds. The van der Waals surface area contributed by atoms with Gasteiger partial charge in [-0.1, -0.05) is 6.58 Å². The van der Waals surface area contributed by atoms with Crippen molar-refractivity contribution in [1.29, 1.82) is 0 Å². The average Bonchev–Trinajstić information content (AvgIpc) is 2.80. The molecule has 6 nitrogen and oxygen atoms in total. The minimum absolute atomic E-state index is 0.197. The largest absolute Gasteiger partial charge is 0.462 e.